The largest absolute Gasteiger partial charge is 0.322 e. The fraction of sp³-hybridized carbons (Fsp3) is 0. The van der Waals surface area contributed by atoms with Crippen LogP contribution in [-0.2, 0) is 9.05 Å². The van der Waals surface area contributed by atoms with E-state index in [4.69, 9.17) is 10.7 Å². The monoisotopic (exact) mass is 313 g/mol. The van der Waals surface area contributed by atoms with Crippen molar-refractivity contribution in [2.45, 2.75) is 4.90 Å². The molecular formula is C13H9ClFNO3S. The van der Waals surface area contributed by atoms with Crippen molar-refractivity contribution in [3.05, 3.63) is 59.9 Å². The first-order valence-electron chi connectivity index (χ1n) is 5.48. The minimum atomic E-state index is -4.03. The van der Waals surface area contributed by atoms with Gasteiger partial charge in [0.15, 0.2) is 0 Å². The van der Waals surface area contributed by atoms with Crippen molar-refractivity contribution >= 4 is 31.3 Å². The van der Waals surface area contributed by atoms with Crippen molar-refractivity contribution in [3.63, 3.8) is 0 Å². The first-order valence-corrected chi connectivity index (χ1v) is 7.79. The zero-order chi connectivity index (χ0) is 14.8. The molecule has 104 valence electrons. The Morgan fingerprint density at radius 2 is 1.65 bits per heavy atom. The van der Waals surface area contributed by atoms with Gasteiger partial charge in [-0.3, -0.25) is 4.79 Å². The fourth-order valence-corrected chi connectivity index (χ4v) is 2.67. The maximum Gasteiger partial charge on any atom is 0.262 e. The first-order chi connectivity index (χ1) is 9.38. The molecule has 0 saturated carbocycles. The number of rotatable bonds is 3. The summed E-state index contributed by atoms with van der Waals surface area (Å²) in [6.45, 7) is 0. The third-order valence-electron chi connectivity index (χ3n) is 2.50. The van der Waals surface area contributed by atoms with Crippen molar-refractivity contribution in [1.29, 1.82) is 0 Å². The highest BCUT2D eigenvalue weighted by Gasteiger charge is 2.19. The van der Waals surface area contributed by atoms with Gasteiger partial charge in [0.05, 0.1) is 10.5 Å². The number of anilines is 1. The molecule has 1 amide bonds. The number of halogens is 2. The zero-order valence-electron chi connectivity index (χ0n) is 10.0. The van der Waals surface area contributed by atoms with E-state index in [0.717, 1.165) is 0 Å². The molecule has 0 aliphatic rings. The molecule has 0 aromatic heterocycles. The minimum absolute atomic E-state index is 0.0770. The van der Waals surface area contributed by atoms with E-state index in [1.807, 2.05) is 0 Å². The average molecular weight is 314 g/mol. The van der Waals surface area contributed by atoms with Gasteiger partial charge in [0.1, 0.15) is 5.82 Å². The standard InChI is InChI=1S/C13H9ClFNO3S/c14-20(18,19)12-4-2-1-3-11(12)13(17)16-10-7-5-9(15)6-8-10/h1-8H,(H,16,17). The van der Waals surface area contributed by atoms with Crippen LogP contribution >= 0.6 is 10.7 Å². The quantitative estimate of drug-likeness (QED) is 0.886. The molecule has 0 saturated heterocycles. The summed E-state index contributed by atoms with van der Waals surface area (Å²) in [6.07, 6.45) is 0. The Bertz CT molecular complexity index is 744. The van der Waals surface area contributed by atoms with Crippen LogP contribution in [0.3, 0.4) is 0 Å². The van der Waals surface area contributed by atoms with Crippen molar-refractivity contribution in [1.82, 2.24) is 0 Å². The van der Waals surface area contributed by atoms with E-state index < -0.39 is 20.8 Å². The summed E-state index contributed by atoms with van der Waals surface area (Å²) in [7, 11) is 1.25. The lowest BCUT2D eigenvalue weighted by molar-refractivity contribution is 0.102. The number of nitrogens with one attached hydrogen (secondary N) is 1. The SMILES string of the molecule is O=C(Nc1ccc(F)cc1)c1ccccc1S(=O)(=O)Cl. The lowest BCUT2D eigenvalue weighted by Crippen LogP contribution is -2.15. The van der Waals surface area contributed by atoms with Crippen molar-refractivity contribution in [3.8, 4) is 0 Å². The Labute approximate surface area is 119 Å². The van der Waals surface area contributed by atoms with Gasteiger partial charge in [-0.1, -0.05) is 12.1 Å². The maximum atomic E-state index is 12.8. The smallest absolute Gasteiger partial charge is 0.262 e. The van der Waals surface area contributed by atoms with Crippen LogP contribution in [0.25, 0.3) is 0 Å². The van der Waals surface area contributed by atoms with E-state index in [1.165, 1.54) is 48.5 Å². The molecule has 0 fully saturated rings. The first kappa shape index (κ1) is 14.5. The number of hydrogen-bond donors (Lipinski definition) is 1. The summed E-state index contributed by atoms with van der Waals surface area (Å²) in [5.74, 6) is -1.08. The predicted octanol–water partition coefficient (Wildman–Crippen LogP) is 3.01. The van der Waals surface area contributed by atoms with Crippen LogP contribution in [0.4, 0.5) is 10.1 Å². The number of carbonyl (C=O) groups excluding carboxylic acids is 1. The van der Waals surface area contributed by atoms with E-state index in [0.29, 0.717) is 5.69 Å². The van der Waals surface area contributed by atoms with Crippen molar-refractivity contribution < 1.29 is 17.6 Å². The molecule has 0 unspecified atom stereocenters. The van der Waals surface area contributed by atoms with Crippen LogP contribution in [0.1, 0.15) is 10.4 Å². The highest BCUT2D eigenvalue weighted by atomic mass is 35.7. The number of hydrogen-bond acceptors (Lipinski definition) is 3. The highest BCUT2D eigenvalue weighted by Crippen LogP contribution is 2.21. The summed E-state index contributed by atoms with van der Waals surface area (Å²) < 4.78 is 35.5. The summed E-state index contributed by atoms with van der Waals surface area (Å²) in [4.78, 5) is 11.8. The molecule has 0 radical (unpaired) electrons. The highest BCUT2D eigenvalue weighted by molar-refractivity contribution is 8.13. The second kappa shape index (κ2) is 5.60. The molecule has 0 bridgehead atoms. The van der Waals surface area contributed by atoms with Crippen LogP contribution in [0.2, 0.25) is 0 Å². The Morgan fingerprint density at radius 3 is 2.25 bits per heavy atom. The van der Waals surface area contributed by atoms with E-state index in [1.54, 1.807) is 0 Å². The van der Waals surface area contributed by atoms with Gasteiger partial charge in [-0.25, -0.2) is 12.8 Å². The molecule has 4 nitrogen and oxygen atoms in total. The lowest BCUT2D eigenvalue weighted by Gasteiger charge is -2.08. The Hall–Kier alpha value is -1.92. The Morgan fingerprint density at radius 1 is 1.05 bits per heavy atom. The number of benzene rings is 2. The molecule has 7 heteroatoms. The topological polar surface area (TPSA) is 63.2 Å². The van der Waals surface area contributed by atoms with Gasteiger partial charge in [-0.2, -0.15) is 0 Å². The molecule has 0 heterocycles. The van der Waals surface area contributed by atoms with E-state index in [9.17, 15) is 17.6 Å². The van der Waals surface area contributed by atoms with Crippen LogP contribution in [-0.4, -0.2) is 14.3 Å². The molecule has 20 heavy (non-hydrogen) atoms. The van der Waals surface area contributed by atoms with Gasteiger partial charge in [0.2, 0.25) is 0 Å². The molecule has 0 atom stereocenters. The third kappa shape index (κ3) is 3.34. The van der Waals surface area contributed by atoms with Gasteiger partial charge in [0, 0.05) is 16.4 Å². The Kier molecular flexibility index (Phi) is 4.06. The van der Waals surface area contributed by atoms with Crippen LogP contribution in [0.15, 0.2) is 53.4 Å². The second-order valence-corrected chi connectivity index (χ2v) is 6.43. The van der Waals surface area contributed by atoms with Crippen LogP contribution in [0, 0.1) is 5.82 Å². The molecule has 0 aliphatic heterocycles. The molecule has 1 N–H and O–H groups in total. The molecule has 2 aromatic rings. The normalized spacial score (nSPS) is 11.1. The van der Waals surface area contributed by atoms with Crippen molar-refractivity contribution in [2.24, 2.45) is 0 Å². The van der Waals surface area contributed by atoms with Gasteiger partial charge in [-0.15, -0.1) is 0 Å². The fourth-order valence-electron chi connectivity index (χ4n) is 1.60. The van der Waals surface area contributed by atoms with Crippen LogP contribution in [0.5, 0.6) is 0 Å². The second-order valence-electron chi connectivity index (χ2n) is 3.90. The third-order valence-corrected chi connectivity index (χ3v) is 3.88. The molecular weight excluding hydrogens is 305 g/mol. The molecule has 0 spiro atoms. The summed E-state index contributed by atoms with van der Waals surface area (Å²) in [5, 5.41) is 2.47. The summed E-state index contributed by atoms with van der Waals surface area (Å²) in [5.41, 5.74) is 0.269. The molecule has 2 aromatic carbocycles. The predicted molar refractivity (Wildman–Crippen MR) is 73.8 cm³/mol. The minimum Gasteiger partial charge on any atom is -0.322 e. The Balaban J connectivity index is 2.33. The lowest BCUT2D eigenvalue weighted by atomic mass is 10.2. The van der Waals surface area contributed by atoms with E-state index in [-0.39, 0.29) is 10.5 Å². The number of carbonyl (C=O) groups is 1. The average Bonchev–Trinajstić information content (AvgIpc) is 2.40. The molecule has 2 rings (SSSR count). The molecule has 0 aliphatic carbocycles. The zero-order valence-corrected chi connectivity index (χ0v) is 11.6. The van der Waals surface area contributed by atoms with E-state index >= 15 is 0 Å². The van der Waals surface area contributed by atoms with Crippen LogP contribution < -0.4 is 5.32 Å². The maximum absolute atomic E-state index is 12.8. The summed E-state index contributed by atoms with van der Waals surface area (Å²) >= 11 is 0. The number of amides is 1. The van der Waals surface area contributed by atoms with Crippen molar-refractivity contribution in [2.75, 3.05) is 5.32 Å². The van der Waals surface area contributed by atoms with Gasteiger partial charge in [-0.05, 0) is 36.4 Å². The van der Waals surface area contributed by atoms with Gasteiger partial charge < -0.3 is 5.32 Å². The van der Waals surface area contributed by atoms with E-state index in [2.05, 4.69) is 5.32 Å². The van der Waals surface area contributed by atoms with Gasteiger partial charge in [0.25, 0.3) is 15.0 Å². The summed E-state index contributed by atoms with van der Waals surface area (Å²) in [6, 6.07) is 10.7. The van der Waals surface area contributed by atoms with Gasteiger partial charge >= 0.3 is 0 Å².